The van der Waals surface area contributed by atoms with Gasteiger partial charge in [0.2, 0.25) is 5.91 Å². The predicted molar refractivity (Wildman–Crippen MR) is 114 cm³/mol. The first-order chi connectivity index (χ1) is 14.7. The highest BCUT2D eigenvalue weighted by atomic mass is 35.5. The van der Waals surface area contributed by atoms with Crippen molar-refractivity contribution in [3.8, 4) is 5.75 Å². The van der Waals surface area contributed by atoms with Gasteiger partial charge < -0.3 is 15.4 Å². The molecular weight excluding hydrogens is 429 g/mol. The summed E-state index contributed by atoms with van der Waals surface area (Å²) in [5.74, 6) is -0.855. The number of halogens is 4. The van der Waals surface area contributed by atoms with Crippen LogP contribution in [0.1, 0.15) is 17.2 Å². The number of hydrogen-bond donors (Lipinski definition) is 1. The summed E-state index contributed by atoms with van der Waals surface area (Å²) in [5.41, 5.74) is 7.96. The van der Waals surface area contributed by atoms with E-state index in [0.29, 0.717) is 17.0 Å². The number of carbonyl (C=O) groups is 1. The average Bonchev–Trinajstić information content (AvgIpc) is 2.74. The summed E-state index contributed by atoms with van der Waals surface area (Å²) in [6, 6.07) is 20.2. The van der Waals surface area contributed by atoms with Crippen molar-refractivity contribution in [1.82, 2.24) is 0 Å². The molecule has 3 aromatic rings. The Hall–Kier alpha value is -3.03. The summed E-state index contributed by atoms with van der Waals surface area (Å²) >= 11 is 5.91. The van der Waals surface area contributed by atoms with Crippen LogP contribution in [-0.2, 0) is 11.2 Å². The van der Waals surface area contributed by atoms with Gasteiger partial charge in [0.25, 0.3) is 0 Å². The molecule has 1 atom stereocenters. The van der Waals surface area contributed by atoms with Crippen LogP contribution in [0.5, 0.6) is 5.75 Å². The number of rotatable bonds is 7. The molecule has 3 aromatic carbocycles. The SMILES string of the molecule is NC(C(=O)N(CCc1ccc(Cl)cc1)c1cccc(OC(F)(F)F)c1)c1ccccc1. The molecule has 0 aliphatic carbocycles. The Morgan fingerprint density at radius 3 is 2.32 bits per heavy atom. The van der Waals surface area contributed by atoms with E-state index in [-0.39, 0.29) is 12.2 Å². The smallest absolute Gasteiger partial charge is 0.406 e. The second-order valence-electron chi connectivity index (χ2n) is 6.80. The molecule has 2 N–H and O–H groups in total. The molecular formula is C23H20ClF3N2O2. The van der Waals surface area contributed by atoms with Crippen molar-refractivity contribution in [2.45, 2.75) is 18.8 Å². The van der Waals surface area contributed by atoms with Crippen LogP contribution in [0.2, 0.25) is 5.02 Å². The molecule has 0 radical (unpaired) electrons. The molecule has 31 heavy (non-hydrogen) atoms. The zero-order valence-electron chi connectivity index (χ0n) is 16.4. The van der Waals surface area contributed by atoms with Crippen LogP contribution in [0.25, 0.3) is 0 Å². The van der Waals surface area contributed by atoms with Crippen LogP contribution < -0.4 is 15.4 Å². The van der Waals surface area contributed by atoms with Crippen LogP contribution in [0.3, 0.4) is 0 Å². The fourth-order valence-electron chi connectivity index (χ4n) is 3.08. The second-order valence-corrected chi connectivity index (χ2v) is 7.24. The summed E-state index contributed by atoms with van der Waals surface area (Å²) < 4.78 is 42.0. The number of alkyl halides is 3. The van der Waals surface area contributed by atoms with Crippen molar-refractivity contribution in [2.75, 3.05) is 11.4 Å². The molecule has 4 nitrogen and oxygen atoms in total. The number of anilines is 1. The standard InChI is InChI=1S/C23H20ClF3N2O2/c24-18-11-9-16(10-12-18)13-14-29(22(30)21(28)17-5-2-1-3-6-17)19-7-4-8-20(15-19)31-23(25,26)27/h1-12,15,21H,13-14,28H2. The van der Waals surface area contributed by atoms with Gasteiger partial charge in [0, 0.05) is 23.3 Å². The molecule has 0 aliphatic heterocycles. The van der Waals surface area contributed by atoms with E-state index in [0.717, 1.165) is 5.56 Å². The van der Waals surface area contributed by atoms with Crippen molar-refractivity contribution < 1.29 is 22.7 Å². The molecule has 1 unspecified atom stereocenters. The molecule has 3 rings (SSSR count). The lowest BCUT2D eigenvalue weighted by Crippen LogP contribution is -2.40. The van der Waals surface area contributed by atoms with Gasteiger partial charge in [-0.15, -0.1) is 13.2 Å². The third-order valence-corrected chi connectivity index (χ3v) is 4.84. The summed E-state index contributed by atoms with van der Waals surface area (Å²) in [5, 5.41) is 0.583. The molecule has 0 heterocycles. The van der Waals surface area contributed by atoms with E-state index in [2.05, 4.69) is 4.74 Å². The highest BCUT2D eigenvalue weighted by molar-refractivity contribution is 6.30. The molecule has 0 fully saturated rings. The fraction of sp³-hybridized carbons (Fsp3) is 0.174. The van der Waals surface area contributed by atoms with Gasteiger partial charge in [0.15, 0.2) is 0 Å². The van der Waals surface area contributed by atoms with Crippen molar-refractivity contribution in [2.24, 2.45) is 5.73 Å². The Morgan fingerprint density at radius 1 is 1.00 bits per heavy atom. The second kappa shape index (κ2) is 9.85. The first-order valence-electron chi connectivity index (χ1n) is 9.45. The minimum absolute atomic E-state index is 0.205. The molecule has 0 aliphatic rings. The van der Waals surface area contributed by atoms with Crippen molar-refractivity contribution in [3.05, 3.63) is 95.0 Å². The van der Waals surface area contributed by atoms with E-state index in [9.17, 15) is 18.0 Å². The number of nitrogens with two attached hydrogens (primary N) is 1. The average molecular weight is 449 g/mol. The zero-order chi connectivity index (χ0) is 22.4. The lowest BCUT2D eigenvalue weighted by atomic mass is 10.1. The van der Waals surface area contributed by atoms with E-state index in [1.165, 1.54) is 23.1 Å². The molecule has 8 heteroatoms. The Labute approximate surface area is 183 Å². The molecule has 0 aromatic heterocycles. The van der Waals surface area contributed by atoms with Crippen molar-refractivity contribution >= 4 is 23.2 Å². The minimum atomic E-state index is -4.84. The summed E-state index contributed by atoms with van der Waals surface area (Å²) in [6.45, 7) is 0.205. The zero-order valence-corrected chi connectivity index (χ0v) is 17.1. The normalized spacial score (nSPS) is 12.3. The number of ether oxygens (including phenoxy) is 1. The van der Waals surface area contributed by atoms with Crippen LogP contribution in [0, 0.1) is 0 Å². The van der Waals surface area contributed by atoms with Gasteiger partial charge >= 0.3 is 6.36 Å². The monoisotopic (exact) mass is 448 g/mol. The lowest BCUT2D eigenvalue weighted by Gasteiger charge is -2.26. The topological polar surface area (TPSA) is 55.6 Å². The van der Waals surface area contributed by atoms with E-state index in [4.69, 9.17) is 17.3 Å². The van der Waals surface area contributed by atoms with Crippen molar-refractivity contribution in [1.29, 1.82) is 0 Å². The number of amides is 1. The summed E-state index contributed by atoms with van der Waals surface area (Å²) in [6.07, 6.45) is -4.38. The van der Waals surface area contributed by atoms with E-state index in [1.807, 2.05) is 12.1 Å². The highest BCUT2D eigenvalue weighted by Gasteiger charge is 2.31. The molecule has 162 valence electrons. The Kier molecular flexibility index (Phi) is 7.20. The molecule has 1 amide bonds. The maximum Gasteiger partial charge on any atom is 0.573 e. The molecule has 0 spiro atoms. The third kappa shape index (κ3) is 6.47. The van der Waals surface area contributed by atoms with Gasteiger partial charge in [0.1, 0.15) is 11.8 Å². The van der Waals surface area contributed by atoms with Gasteiger partial charge in [-0.3, -0.25) is 4.79 Å². The Morgan fingerprint density at radius 2 is 1.68 bits per heavy atom. The van der Waals surface area contributed by atoms with Gasteiger partial charge in [-0.2, -0.15) is 0 Å². The predicted octanol–water partition coefficient (Wildman–Crippen LogP) is 5.51. The minimum Gasteiger partial charge on any atom is -0.406 e. The summed E-state index contributed by atoms with van der Waals surface area (Å²) in [7, 11) is 0. The van der Waals surface area contributed by atoms with Gasteiger partial charge in [0.05, 0.1) is 0 Å². The molecule has 0 saturated carbocycles. The third-order valence-electron chi connectivity index (χ3n) is 4.59. The van der Waals surface area contributed by atoms with Crippen LogP contribution in [0.4, 0.5) is 18.9 Å². The van der Waals surface area contributed by atoms with E-state index in [1.54, 1.807) is 48.5 Å². The first-order valence-corrected chi connectivity index (χ1v) is 9.83. The molecule has 0 bridgehead atoms. The van der Waals surface area contributed by atoms with Crippen LogP contribution >= 0.6 is 11.6 Å². The first kappa shape index (κ1) is 22.7. The fourth-order valence-corrected chi connectivity index (χ4v) is 3.20. The van der Waals surface area contributed by atoms with E-state index < -0.39 is 24.1 Å². The maximum absolute atomic E-state index is 13.2. The Balaban J connectivity index is 1.89. The van der Waals surface area contributed by atoms with Crippen LogP contribution in [0.15, 0.2) is 78.9 Å². The molecule has 0 saturated heterocycles. The highest BCUT2D eigenvalue weighted by Crippen LogP contribution is 2.28. The summed E-state index contributed by atoms with van der Waals surface area (Å²) in [4.78, 5) is 14.6. The largest absolute Gasteiger partial charge is 0.573 e. The van der Waals surface area contributed by atoms with Gasteiger partial charge in [-0.1, -0.05) is 60.1 Å². The van der Waals surface area contributed by atoms with Gasteiger partial charge in [-0.25, -0.2) is 0 Å². The number of hydrogen-bond acceptors (Lipinski definition) is 3. The van der Waals surface area contributed by atoms with Crippen LogP contribution in [-0.4, -0.2) is 18.8 Å². The van der Waals surface area contributed by atoms with E-state index >= 15 is 0 Å². The number of carbonyl (C=O) groups excluding carboxylic acids is 1. The van der Waals surface area contributed by atoms with Gasteiger partial charge in [-0.05, 0) is 41.8 Å². The Bertz CT molecular complexity index is 1010. The lowest BCUT2D eigenvalue weighted by molar-refractivity contribution is -0.274. The quantitative estimate of drug-likeness (QED) is 0.518. The number of benzene rings is 3. The van der Waals surface area contributed by atoms with Crippen molar-refractivity contribution in [3.63, 3.8) is 0 Å². The maximum atomic E-state index is 13.2. The number of nitrogens with zero attached hydrogens (tertiary/aromatic N) is 1.